The zero-order valence-electron chi connectivity index (χ0n) is 48.2. The number of carbonyl (C=O) groups excluding carboxylic acids is 3. The van der Waals surface area contributed by atoms with E-state index in [1.807, 2.05) is 6.08 Å². The monoisotopic (exact) mass is 1040 g/mol. The Balaban J connectivity index is 4.31. The Kier molecular flexibility index (Phi) is 57.6. The molecule has 0 aliphatic rings. The zero-order valence-corrected chi connectivity index (χ0v) is 48.2. The van der Waals surface area contributed by atoms with Gasteiger partial charge in [0.25, 0.3) is 0 Å². The number of ether oxygens (including phenoxy) is 3. The van der Waals surface area contributed by atoms with E-state index in [0.717, 1.165) is 141 Å². The molecule has 1 atom stereocenters. The van der Waals surface area contributed by atoms with Crippen LogP contribution in [0.1, 0.15) is 220 Å². The summed E-state index contributed by atoms with van der Waals surface area (Å²) in [5, 5.41) is 0. The summed E-state index contributed by atoms with van der Waals surface area (Å²) in [4.78, 5) is 37.9. The van der Waals surface area contributed by atoms with Crippen molar-refractivity contribution in [1.29, 1.82) is 0 Å². The smallest absolute Gasteiger partial charge is 0.310 e. The summed E-state index contributed by atoms with van der Waals surface area (Å²) in [7, 11) is 0. The van der Waals surface area contributed by atoms with Crippen LogP contribution < -0.4 is 0 Å². The van der Waals surface area contributed by atoms with Crippen molar-refractivity contribution in [3.05, 3.63) is 182 Å². The number of unbranched alkanes of at least 4 members (excludes halogenated alkanes) is 11. The van der Waals surface area contributed by atoms with E-state index in [4.69, 9.17) is 14.2 Å². The number of rotatable bonds is 51. The second-order valence-corrected chi connectivity index (χ2v) is 18.8. The fraction of sp³-hybridized carbons (Fsp3) is 0.529. The van der Waals surface area contributed by atoms with E-state index in [1.54, 1.807) is 6.08 Å². The minimum Gasteiger partial charge on any atom is -0.462 e. The van der Waals surface area contributed by atoms with Gasteiger partial charge in [0.05, 0.1) is 6.42 Å². The normalized spacial score (nSPS) is 13.5. The number of carbonyl (C=O) groups is 3. The van der Waals surface area contributed by atoms with E-state index in [-0.39, 0.29) is 31.6 Å². The van der Waals surface area contributed by atoms with Crippen molar-refractivity contribution < 1.29 is 28.6 Å². The average Bonchev–Trinajstić information content (AvgIpc) is 3.42. The Morgan fingerprint density at radius 3 is 0.868 bits per heavy atom. The van der Waals surface area contributed by atoms with Crippen LogP contribution in [0.2, 0.25) is 0 Å². The molecule has 6 nitrogen and oxygen atoms in total. The second-order valence-electron chi connectivity index (χ2n) is 18.8. The van der Waals surface area contributed by atoms with E-state index in [2.05, 4.69) is 191 Å². The van der Waals surface area contributed by atoms with Crippen molar-refractivity contribution >= 4 is 17.9 Å². The highest BCUT2D eigenvalue weighted by Gasteiger charge is 2.19. The number of allylic oxidation sites excluding steroid dienone is 29. The molecule has 0 saturated carbocycles. The lowest BCUT2D eigenvalue weighted by molar-refractivity contribution is -0.166. The maximum Gasteiger partial charge on any atom is 0.310 e. The van der Waals surface area contributed by atoms with Crippen molar-refractivity contribution in [2.24, 2.45) is 0 Å². The first-order chi connectivity index (χ1) is 37.5. The third-order valence-electron chi connectivity index (χ3n) is 11.7. The molecule has 0 aromatic carbocycles. The van der Waals surface area contributed by atoms with Crippen LogP contribution in [0, 0.1) is 0 Å². The highest BCUT2D eigenvalue weighted by atomic mass is 16.6. The van der Waals surface area contributed by atoms with Crippen LogP contribution in [0.25, 0.3) is 0 Å². The summed E-state index contributed by atoms with van der Waals surface area (Å²) >= 11 is 0. The van der Waals surface area contributed by atoms with Crippen molar-refractivity contribution in [3.63, 3.8) is 0 Å². The summed E-state index contributed by atoms with van der Waals surface area (Å²) in [6.45, 7) is 6.24. The molecule has 0 aromatic heterocycles. The largest absolute Gasteiger partial charge is 0.462 e. The van der Waals surface area contributed by atoms with Crippen LogP contribution in [0.3, 0.4) is 0 Å². The molecule has 76 heavy (non-hydrogen) atoms. The minimum atomic E-state index is -0.849. The fourth-order valence-corrected chi connectivity index (χ4v) is 7.31. The van der Waals surface area contributed by atoms with Gasteiger partial charge < -0.3 is 14.2 Å². The lowest BCUT2D eigenvalue weighted by atomic mass is 10.1. The molecule has 0 aliphatic carbocycles. The van der Waals surface area contributed by atoms with Crippen LogP contribution in [0.15, 0.2) is 182 Å². The molecule has 6 heteroatoms. The first kappa shape index (κ1) is 70.5. The predicted octanol–water partition coefficient (Wildman–Crippen LogP) is 20.5. The van der Waals surface area contributed by atoms with Gasteiger partial charge >= 0.3 is 17.9 Å². The lowest BCUT2D eigenvalue weighted by Crippen LogP contribution is -2.30. The van der Waals surface area contributed by atoms with Gasteiger partial charge in [0.2, 0.25) is 0 Å². The molecule has 0 saturated heterocycles. The van der Waals surface area contributed by atoms with Gasteiger partial charge in [0.15, 0.2) is 6.10 Å². The Hall–Kier alpha value is -5.49. The maximum atomic E-state index is 12.7. The van der Waals surface area contributed by atoms with Crippen LogP contribution >= 0.6 is 0 Å². The van der Waals surface area contributed by atoms with E-state index in [0.29, 0.717) is 19.3 Å². The quantitative estimate of drug-likeness (QED) is 0.0261. The molecule has 0 bridgehead atoms. The van der Waals surface area contributed by atoms with E-state index in [1.165, 1.54) is 32.1 Å². The number of hydrogen-bond donors (Lipinski definition) is 0. The first-order valence-electron chi connectivity index (χ1n) is 29.8. The first-order valence-corrected chi connectivity index (χ1v) is 29.8. The van der Waals surface area contributed by atoms with Crippen LogP contribution in [-0.4, -0.2) is 37.2 Å². The third-order valence-corrected chi connectivity index (χ3v) is 11.7. The van der Waals surface area contributed by atoms with E-state index >= 15 is 0 Å². The second kappa shape index (κ2) is 62.1. The minimum absolute atomic E-state index is 0.0833. The molecule has 0 N–H and O–H groups in total. The van der Waals surface area contributed by atoms with E-state index < -0.39 is 12.1 Å². The van der Waals surface area contributed by atoms with Gasteiger partial charge in [-0.1, -0.05) is 261 Å². The average molecular weight is 1040 g/mol. The molecule has 0 aliphatic heterocycles. The molecule has 1 unspecified atom stereocenters. The molecule has 0 aromatic rings. The SMILES string of the molecule is CC/C=C\C/C=C\C/C=C\C/C=C\C/C=C\C/C=C\C/C=C\C/C=C\C/C=C\C/C=C\CCCCCCC(=O)OCC(COC(=O)CCCCCCCCCC)OC(=O)C/C=C\C/C=C\C/C=C\C/C=C\C/C=C\CC. The Morgan fingerprint density at radius 2 is 0.553 bits per heavy atom. The summed E-state index contributed by atoms with van der Waals surface area (Å²) < 4.78 is 16.6. The lowest BCUT2D eigenvalue weighted by Gasteiger charge is -2.18. The fourth-order valence-electron chi connectivity index (χ4n) is 7.31. The van der Waals surface area contributed by atoms with E-state index in [9.17, 15) is 14.4 Å². The van der Waals surface area contributed by atoms with Gasteiger partial charge in [-0.05, 0) is 122 Å². The predicted molar refractivity (Wildman–Crippen MR) is 329 cm³/mol. The van der Waals surface area contributed by atoms with Gasteiger partial charge in [-0.25, -0.2) is 0 Å². The molecule has 0 fully saturated rings. The number of hydrogen-bond acceptors (Lipinski definition) is 6. The maximum absolute atomic E-state index is 12.7. The van der Waals surface area contributed by atoms with Gasteiger partial charge in [0.1, 0.15) is 13.2 Å². The molecule has 422 valence electrons. The Morgan fingerprint density at radius 1 is 0.289 bits per heavy atom. The van der Waals surface area contributed by atoms with Gasteiger partial charge in [0, 0.05) is 12.8 Å². The molecule has 0 radical (unpaired) electrons. The van der Waals surface area contributed by atoms with Gasteiger partial charge in [-0.2, -0.15) is 0 Å². The third kappa shape index (κ3) is 59.4. The molecule has 0 rings (SSSR count). The Labute approximate surface area is 465 Å². The topological polar surface area (TPSA) is 78.9 Å². The summed E-state index contributed by atoms with van der Waals surface area (Å²) in [5.41, 5.74) is 0. The summed E-state index contributed by atoms with van der Waals surface area (Å²) in [5.74, 6) is -1.11. The molecular weight excluding hydrogens is 937 g/mol. The molecule has 0 heterocycles. The van der Waals surface area contributed by atoms with Crippen molar-refractivity contribution in [3.8, 4) is 0 Å². The highest BCUT2D eigenvalue weighted by Crippen LogP contribution is 2.12. The molecule has 0 amide bonds. The van der Waals surface area contributed by atoms with Crippen molar-refractivity contribution in [2.75, 3.05) is 13.2 Å². The van der Waals surface area contributed by atoms with Gasteiger partial charge in [-0.3, -0.25) is 14.4 Å². The molecular formula is C70H106O6. The molecule has 0 spiro atoms. The van der Waals surface area contributed by atoms with Crippen molar-refractivity contribution in [1.82, 2.24) is 0 Å². The summed E-state index contributed by atoms with van der Waals surface area (Å²) in [6.07, 6.45) is 93.7. The van der Waals surface area contributed by atoms with Crippen LogP contribution in [0.4, 0.5) is 0 Å². The number of esters is 3. The van der Waals surface area contributed by atoms with Crippen LogP contribution in [-0.2, 0) is 28.6 Å². The highest BCUT2D eigenvalue weighted by molar-refractivity contribution is 5.72. The van der Waals surface area contributed by atoms with Gasteiger partial charge in [-0.15, -0.1) is 0 Å². The van der Waals surface area contributed by atoms with Crippen LogP contribution in [0.5, 0.6) is 0 Å². The van der Waals surface area contributed by atoms with Crippen molar-refractivity contribution in [2.45, 2.75) is 226 Å². The standard InChI is InChI=1S/C70H106O6/c1-4-7-10-13-16-19-21-23-25-26-27-28-29-30-31-32-33-34-35-36-37-38-39-40-41-42-43-44-46-47-49-51-54-57-60-63-69(72)75-66-67(65-74-68(71)62-59-56-53-18-15-12-9-6-3)76-70(73)64-61-58-55-52-50-48-45-24-22-20-17-14-11-8-5-2/h7-8,10-11,16-17,19-20,23-25,27-28,30-31,33-34,36-37,39-40,42-43,45-47,50,52,58,61,67H,4-6,9,12-15,18,21-22,26,29,32,35,38,41,44,48-49,51,53-57,59-60,62-66H2,1-3H3/b10-7-,11-8-,19-16-,20-17-,25-23-,28-27-,31-30-,34-33-,37-36-,40-39-,43-42-,45-24-,47-46-,52-50-,61-58-. The summed E-state index contributed by atoms with van der Waals surface area (Å²) in [6, 6.07) is 0. The zero-order chi connectivity index (χ0) is 55.0. The Bertz CT molecular complexity index is 1820.